The zero-order valence-corrected chi connectivity index (χ0v) is 14.8. The van der Waals surface area contributed by atoms with Gasteiger partial charge in [-0.15, -0.1) is 0 Å². The molecule has 0 N–H and O–H groups in total. The molecule has 26 heavy (non-hydrogen) atoms. The molecule has 1 aliphatic rings. The van der Waals surface area contributed by atoms with Crippen LogP contribution in [0.4, 0.5) is 5.69 Å². The van der Waals surface area contributed by atoms with Crippen LogP contribution in [0.1, 0.15) is 0 Å². The Balaban J connectivity index is 1.46. The van der Waals surface area contributed by atoms with Crippen molar-refractivity contribution >= 4 is 16.5 Å². The van der Waals surface area contributed by atoms with E-state index in [2.05, 4.69) is 21.0 Å². The van der Waals surface area contributed by atoms with Gasteiger partial charge in [-0.25, -0.2) is 4.68 Å². The summed E-state index contributed by atoms with van der Waals surface area (Å²) in [6.07, 6.45) is 1.77. The van der Waals surface area contributed by atoms with E-state index in [1.165, 1.54) is 0 Å². The van der Waals surface area contributed by atoms with Gasteiger partial charge in [-0.1, -0.05) is 30.3 Å². The van der Waals surface area contributed by atoms with Crippen LogP contribution in [-0.4, -0.2) is 48.0 Å². The fraction of sp³-hybridized carbons (Fsp3) is 0.300. The minimum atomic E-state index is -0.0322. The maximum absolute atomic E-state index is 12.6. The number of para-hydroxylation sites is 2. The molecule has 0 atom stereocenters. The van der Waals surface area contributed by atoms with Crippen molar-refractivity contribution in [1.29, 1.82) is 0 Å². The highest BCUT2D eigenvalue weighted by atomic mass is 16.5. The lowest BCUT2D eigenvalue weighted by molar-refractivity contribution is 0.192. The molecule has 6 heteroatoms. The second-order valence-corrected chi connectivity index (χ2v) is 6.45. The molecule has 0 spiro atoms. The Morgan fingerprint density at radius 3 is 2.54 bits per heavy atom. The summed E-state index contributed by atoms with van der Waals surface area (Å²) in [5.41, 5.74) is 1.09. The number of methoxy groups -OCH3 is 1. The first-order valence-corrected chi connectivity index (χ1v) is 8.81. The summed E-state index contributed by atoms with van der Waals surface area (Å²) in [5, 5.41) is 5.94. The van der Waals surface area contributed by atoms with Crippen molar-refractivity contribution in [1.82, 2.24) is 14.7 Å². The van der Waals surface area contributed by atoms with Crippen LogP contribution in [-0.2, 0) is 6.67 Å². The SMILES string of the molecule is COc1ccccc1N1CCN(Cn2ncc3ccccc3c2=O)CC1. The fourth-order valence-corrected chi connectivity index (χ4v) is 3.44. The number of hydrogen-bond donors (Lipinski definition) is 0. The summed E-state index contributed by atoms with van der Waals surface area (Å²) in [4.78, 5) is 17.2. The van der Waals surface area contributed by atoms with Gasteiger partial charge in [0.15, 0.2) is 0 Å². The second kappa shape index (κ2) is 7.17. The first kappa shape index (κ1) is 16.6. The standard InChI is InChI=1S/C20H22N4O2/c1-26-19-9-5-4-8-18(19)23-12-10-22(11-13-23)15-24-20(25)17-7-3-2-6-16(17)14-21-24/h2-9,14H,10-13,15H2,1H3. The summed E-state index contributed by atoms with van der Waals surface area (Å²) in [7, 11) is 1.70. The van der Waals surface area contributed by atoms with Crippen molar-refractivity contribution in [2.24, 2.45) is 0 Å². The number of anilines is 1. The molecule has 0 bridgehead atoms. The van der Waals surface area contributed by atoms with Crippen LogP contribution in [0.25, 0.3) is 10.8 Å². The van der Waals surface area contributed by atoms with E-state index in [-0.39, 0.29) is 5.56 Å². The maximum Gasteiger partial charge on any atom is 0.275 e. The highest BCUT2D eigenvalue weighted by Crippen LogP contribution is 2.28. The Morgan fingerprint density at radius 1 is 1.00 bits per heavy atom. The first-order chi connectivity index (χ1) is 12.8. The first-order valence-electron chi connectivity index (χ1n) is 8.81. The molecule has 1 aromatic heterocycles. The number of aromatic nitrogens is 2. The van der Waals surface area contributed by atoms with Crippen molar-refractivity contribution in [3.63, 3.8) is 0 Å². The molecule has 6 nitrogen and oxygen atoms in total. The smallest absolute Gasteiger partial charge is 0.275 e. The number of nitrogens with zero attached hydrogens (tertiary/aromatic N) is 4. The van der Waals surface area contributed by atoms with Gasteiger partial charge in [-0.3, -0.25) is 9.69 Å². The van der Waals surface area contributed by atoms with Crippen molar-refractivity contribution in [2.45, 2.75) is 6.67 Å². The van der Waals surface area contributed by atoms with Crippen LogP contribution >= 0.6 is 0 Å². The van der Waals surface area contributed by atoms with Gasteiger partial charge in [-0.05, 0) is 18.2 Å². The van der Waals surface area contributed by atoms with E-state index < -0.39 is 0 Å². The minimum Gasteiger partial charge on any atom is -0.495 e. The molecule has 0 radical (unpaired) electrons. The Kier molecular flexibility index (Phi) is 4.58. The van der Waals surface area contributed by atoms with E-state index >= 15 is 0 Å². The topological polar surface area (TPSA) is 50.6 Å². The molecular formula is C20H22N4O2. The summed E-state index contributed by atoms with van der Waals surface area (Å²) in [6.45, 7) is 4.05. The molecule has 4 rings (SSSR count). The third kappa shape index (κ3) is 3.15. The number of piperazine rings is 1. The molecule has 0 amide bonds. The number of fused-ring (bicyclic) bond motifs is 1. The van der Waals surface area contributed by atoms with Gasteiger partial charge in [0.05, 0.1) is 31.0 Å². The van der Waals surface area contributed by atoms with Crippen molar-refractivity contribution in [3.8, 4) is 5.75 Å². The molecule has 1 saturated heterocycles. The van der Waals surface area contributed by atoms with Gasteiger partial charge >= 0.3 is 0 Å². The lowest BCUT2D eigenvalue weighted by Crippen LogP contribution is -2.48. The van der Waals surface area contributed by atoms with E-state index in [1.807, 2.05) is 42.5 Å². The van der Waals surface area contributed by atoms with Crippen LogP contribution in [0.5, 0.6) is 5.75 Å². The number of benzene rings is 2. The van der Waals surface area contributed by atoms with Crippen LogP contribution < -0.4 is 15.2 Å². The zero-order chi connectivity index (χ0) is 17.9. The van der Waals surface area contributed by atoms with Gasteiger partial charge in [-0.2, -0.15) is 5.10 Å². The number of hydrogen-bond acceptors (Lipinski definition) is 5. The molecule has 0 aliphatic carbocycles. The normalized spacial score (nSPS) is 15.3. The summed E-state index contributed by atoms with van der Waals surface area (Å²) >= 11 is 0. The third-order valence-electron chi connectivity index (χ3n) is 4.89. The van der Waals surface area contributed by atoms with E-state index in [4.69, 9.17) is 4.74 Å². The molecule has 134 valence electrons. The van der Waals surface area contributed by atoms with Gasteiger partial charge in [0.2, 0.25) is 0 Å². The Hall–Kier alpha value is -2.86. The summed E-state index contributed by atoms with van der Waals surface area (Å²) in [6, 6.07) is 15.7. The molecule has 0 unspecified atom stereocenters. The van der Waals surface area contributed by atoms with Gasteiger partial charge in [0, 0.05) is 31.6 Å². The molecule has 1 fully saturated rings. The highest BCUT2D eigenvalue weighted by Gasteiger charge is 2.20. The van der Waals surface area contributed by atoms with Gasteiger partial charge in [0.1, 0.15) is 5.75 Å². The number of ether oxygens (including phenoxy) is 1. The minimum absolute atomic E-state index is 0.0322. The molecule has 1 aliphatic heterocycles. The third-order valence-corrected chi connectivity index (χ3v) is 4.89. The monoisotopic (exact) mass is 350 g/mol. The summed E-state index contributed by atoms with van der Waals surface area (Å²) < 4.78 is 7.02. The molecule has 3 aromatic rings. The van der Waals surface area contributed by atoms with E-state index in [0.29, 0.717) is 6.67 Å². The Bertz CT molecular complexity index is 961. The lowest BCUT2D eigenvalue weighted by Gasteiger charge is -2.36. The van der Waals surface area contributed by atoms with Gasteiger partial charge < -0.3 is 9.64 Å². The fourth-order valence-electron chi connectivity index (χ4n) is 3.44. The highest BCUT2D eigenvalue weighted by molar-refractivity contribution is 5.80. The average Bonchev–Trinajstić information content (AvgIpc) is 2.71. The number of rotatable bonds is 4. The largest absolute Gasteiger partial charge is 0.495 e. The maximum atomic E-state index is 12.6. The zero-order valence-electron chi connectivity index (χ0n) is 14.8. The van der Waals surface area contributed by atoms with Crippen molar-refractivity contribution in [2.75, 3.05) is 38.2 Å². The molecule has 0 saturated carbocycles. The second-order valence-electron chi connectivity index (χ2n) is 6.45. The van der Waals surface area contributed by atoms with E-state index in [1.54, 1.807) is 18.0 Å². The molecular weight excluding hydrogens is 328 g/mol. The molecule has 2 heterocycles. The van der Waals surface area contributed by atoms with Crippen LogP contribution in [0.15, 0.2) is 59.5 Å². The lowest BCUT2D eigenvalue weighted by atomic mass is 10.2. The predicted molar refractivity (Wildman–Crippen MR) is 103 cm³/mol. The quantitative estimate of drug-likeness (QED) is 0.722. The average molecular weight is 350 g/mol. The Morgan fingerprint density at radius 2 is 1.73 bits per heavy atom. The van der Waals surface area contributed by atoms with Crippen LogP contribution in [0.2, 0.25) is 0 Å². The summed E-state index contributed by atoms with van der Waals surface area (Å²) in [5.74, 6) is 0.897. The Labute approximate surface area is 152 Å². The van der Waals surface area contributed by atoms with Crippen molar-refractivity contribution < 1.29 is 4.74 Å². The predicted octanol–water partition coefficient (Wildman–Crippen LogP) is 2.18. The molecule has 2 aromatic carbocycles. The van der Waals surface area contributed by atoms with E-state index in [0.717, 1.165) is 48.4 Å². The van der Waals surface area contributed by atoms with Crippen LogP contribution in [0.3, 0.4) is 0 Å². The van der Waals surface area contributed by atoms with E-state index in [9.17, 15) is 4.79 Å². The van der Waals surface area contributed by atoms with Gasteiger partial charge in [0.25, 0.3) is 5.56 Å². The van der Waals surface area contributed by atoms with Crippen LogP contribution in [0, 0.1) is 0 Å². The van der Waals surface area contributed by atoms with Crippen molar-refractivity contribution in [3.05, 3.63) is 65.1 Å².